The lowest BCUT2D eigenvalue weighted by atomic mass is 10.2. The number of aromatic carboxylic acids is 1. The predicted molar refractivity (Wildman–Crippen MR) is 106 cm³/mol. The molecule has 26 heavy (non-hydrogen) atoms. The topological polar surface area (TPSA) is 79.5 Å². The highest BCUT2D eigenvalue weighted by molar-refractivity contribution is 9.11. The van der Waals surface area contributed by atoms with Crippen molar-refractivity contribution in [3.63, 3.8) is 0 Å². The molecule has 0 bridgehead atoms. The lowest BCUT2D eigenvalue weighted by Crippen LogP contribution is -2.13. The minimum Gasteiger partial charge on any atom is -0.478 e. The van der Waals surface area contributed by atoms with Crippen molar-refractivity contribution < 1.29 is 19.1 Å². The Morgan fingerprint density at radius 1 is 1.15 bits per heavy atom. The average Bonchev–Trinajstić information content (AvgIpc) is 3.31. The molecule has 0 unspecified atom stereocenters. The lowest BCUT2D eigenvalue weighted by Gasteiger charge is -2.03. The second-order valence-electron chi connectivity index (χ2n) is 5.37. The molecule has 0 fully saturated rings. The van der Waals surface area contributed by atoms with Crippen molar-refractivity contribution in [3.05, 3.63) is 63.0 Å². The highest BCUT2D eigenvalue weighted by Crippen LogP contribution is 2.40. The first-order chi connectivity index (χ1) is 12.5. The van der Waals surface area contributed by atoms with Crippen LogP contribution in [0.4, 0.5) is 5.69 Å². The number of carboxylic acid groups (broad SMARTS) is 1. The number of fused-ring (bicyclic) bond motifs is 1. The Bertz CT molecular complexity index is 1110. The minimum absolute atomic E-state index is 0.0776. The van der Waals surface area contributed by atoms with Gasteiger partial charge in [-0.3, -0.25) is 4.79 Å². The Balaban J connectivity index is 1.68. The molecule has 5 nitrogen and oxygen atoms in total. The number of carboxylic acids is 1. The Morgan fingerprint density at radius 2 is 1.96 bits per heavy atom. The monoisotopic (exact) mass is 447 g/mol. The zero-order valence-corrected chi connectivity index (χ0v) is 16.2. The van der Waals surface area contributed by atoms with E-state index in [9.17, 15) is 14.7 Å². The summed E-state index contributed by atoms with van der Waals surface area (Å²) in [7, 11) is 0. The maximum Gasteiger partial charge on any atom is 0.339 e. The van der Waals surface area contributed by atoms with E-state index in [1.54, 1.807) is 17.5 Å². The molecule has 4 rings (SSSR count). The van der Waals surface area contributed by atoms with Gasteiger partial charge in [0.15, 0.2) is 5.76 Å². The number of hydrogen-bond donors (Lipinski definition) is 2. The number of anilines is 1. The number of amides is 1. The molecular weight excluding hydrogens is 438 g/mol. The van der Waals surface area contributed by atoms with Crippen LogP contribution in [0.25, 0.3) is 20.7 Å². The summed E-state index contributed by atoms with van der Waals surface area (Å²) in [6, 6.07) is 12.6. The summed E-state index contributed by atoms with van der Waals surface area (Å²) >= 11 is 6.09. The van der Waals surface area contributed by atoms with E-state index >= 15 is 0 Å². The first-order valence-corrected chi connectivity index (χ1v) is 9.92. The van der Waals surface area contributed by atoms with Gasteiger partial charge in [-0.05, 0) is 40.2 Å². The molecule has 2 N–H and O–H groups in total. The van der Waals surface area contributed by atoms with Crippen LogP contribution in [-0.2, 0) is 0 Å². The summed E-state index contributed by atoms with van der Waals surface area (Å²) in [4.78, 5) is 25.7. The maximum absolute atomic E-state index is 12.5. The molecule has 0 aliphatic rings. The van der Waals surface area contributed by atoms with Crippen molar-refractivity contribution >= 4 is 67.1 Å². The second-order valence-corrected chi connectivity index (χ2v) is 8.71. The number of para-hydroxylation sites is 1. The Morgan fingerprint density at radius 3 is 2.65 bits per heavy atom. The van der Waals surface area contributed by atoms with Gasteiger partial charge in [0.05, 0.1) is 14.4 Å². The SMILES string of the molecule is O=C(Nc1csc(-c2ccc(Br)s2)c1C(=O)O)c1cc2ccccc2o1. The van der Waals surface area contributed by atoms with Crippen molar-refractivity contribution in [2.24, 2.45) is 0 Å². The van der Waals surface area contributed by atoms with E-state index in [0.29, 0.717) is 10.5 Å². The molecule has 1 amide bonds. The summed E-state index contributed by atoms with van der Waals surface area (Å²) in [6.07, 6.45) is 0. The van der Waals surface area contributed by atoms with Gasteiger partial charge in [0, 0.05) is 15.6 Å². The van der Waals surface area contributed by atoms with Crippen molar-refractivity contribution in [3.8, 4) is 9.75 Å². The molecule has 0 saturated carbocycles. The first kappa shape index (κ1) is 17.0. The smallest absolute Gasteiger partial charge is 0.339 e. The summed E-state index contributed by atoms with van der Waals surface area (Å²) < 4.78 is 6.44. The number of hydrogen-bond acceptors (Lipinski definition) is 5. The van der Waals surface area contributed by atoms with Crippen molar-refractivity contribution in [1.29, 1.82) is 0 Å². The van der Waals surface area contributed by atoms with E-state index < -0.39 is 11.9 Å². The molecule has 0 spiro atoms. The van der Waals surface area contributed by atoms with Gasteiger partial charge in [0.1, 0.15) is 11.1 Å². The highest BCUT2D eigenvalue weighted by atomic mass is 79.9. The third-order valence-corrected chi connectivity index (χ3v) is 6.48. The maximum atomic E-state index is 12.5. The van der Waals surface area contributed by atoms with Crippen LogP contribution in [0.15, 0.2) is 56.0 Å². The largest absolute Gasteiger partial charge is 0.478 e. The number of nitrogens with one attached hydrogen (secondary N) is 1. The van der Waals surface area contributed by atoms with Gasteiger partial charge in [-0.2, -0.15) is 0 Å². The van der Waals surface area contributed by atoms with E-state index in [4.69, 9.17) is 4.42 Å². The van der Waals surface area contributed by atoms with Crippen LogP contribution in [0.3, 0.4) is 0 Å². The minimum atomic E-state index is -1.09. The fraction of sp³-hybridized carbons (Fsp3) is 0. The molecule has 130 valence electrons. The molecule has 3 aromatic heterocycles. The van der Waals surface area contributed by atoms with Crippen LogP contribution in [-0.4, -0.2) is 17.0 Å². The number of carbonyl (C=O) groups is 2. The Hall–Kier alpha value is -2.42. The van der Waals surface area contributed by atoms with Crippen molar-refractivity contribution in [2.75, 3.05) is 5.32 Å². The van der Waals surface area contributed by atoms with Gasteiger partial charge in [-0.25, -0.2) is 4.79 Å². The molecule has 3 heterocycles. The van der Waals surface area contributed by atoms with Crippen LogP contribution < -0.4 is 5.32 Å². The number of carbonyl (C=O) groups excluding carboxylic acids is 1. The normalized spacial score (nSPS) is 11.0. The molecule has 0 radical (unpaired) electrons. The predicted octanol–water partition coefficient (Wildman–Crippen LogP) is 5.94. The van der Waals surface area contributed by atoms with E-state index in [1.165, 1.54) is 22.7 Å². The van der Waals surface area contributed by atoms with Crippen molar-refractivity contribution in [1.82, 2.24) is 0 Å². The fourth-order valence-electron chi connectivity index (χ4n) is 2.56. The van der Waals surface area contributed by atoms with Crippen LogP contribution in [0.5, 0.6) is 0 Å². The van der Waals surface area contributed by atoms with Crippen LogP contribution >= 0.6 is 38.6 Å². The van der Waals surface area contributed by atoms with Gasteiger partial charge in [0.25, 0.3) is 5.91 Å². The van der Waals surface area contributed by atoms with Gasteiger partial charge >= 0.3 is 5.97 Å². The Labute approximate surface area is 164 Å². The quantitative estimate of drug-likeness (QED) is 0.405. The first-order valence-electron chi connectivity index (χ1n) is 7.43. The standard InChI is InChI=1S/C18H10BrNO4S2/c19-14-6-5-13(26-14)16-15(18(22)23)10(8-25-16)20-17(21)12-7-9-3-1-2-4-11(9)24-12/h1-8H,(H,20,21)(H,22,23). The van der Waals surface area contributed by atoms with Crippen LogP contribution in [0, 0.1) is 0 Å². The van der Waals surface area contributed by atoms with E-state index in [-0.39, 0.29) is 17.0 Å². The third-order valence-electron chi connectivity index (χ3n) is 3.70. The molecule has 0 atom stereocenters. The number of benzene rings is 1. The fourth-order valence-corrected chi connectivity index (χ4v) is 5.07. The molecule has 0 aliphatic heterocycles. The Kier molecular flexibility index (Phi) is 4.39. The molecule has 0 saturated heterocycles. The van der Waals surface area contributed by atoms with Gasteiger partial charge in [-0.15, -0.1) is 22.7 Å². The number of furan rings is 1. The number of thiophene rings is 2. The van der Waals surface area contributed by atoms with E-state index in [1.807, 2.05) is 30.3 Å². The highest BCUT2D eigenvalue weighted by Gasteiger charge is 2.23. The summed E-state index contributed by atoms with van der Waals surface area (Å²) in [5.74, 6) is -1.44. The van der Waals surface area contributed by atoms with E-state index in [0.717, 1.165) is 14.0 Å². The average molecular weight is 448 g/mol. The molecule has 1 aromatic carbocycles. The van der Waals surface area contributed by atoms with Crippen LogP contribution in [0.1, 0.15) is 20.9 Å². The van der Waals surface area contributed by atoms with Crippen LogP contribution in [0.2, 0.25) is 0 Å². The summed E-state index contributed by atoms with van der Waals surface area (Å²) in [5, 5.41) is 14.7. The second kappa shape index (κ2) is 6.71. The number of halogens is 1. The molecule has 8 heteroatoms. The summed E-state index contributed by atoms with van der Waals surface area (Å²) in [6.45, 7) is 0. The van der Waals surface area contributed by atoms with Crippen molar-refractivity contribution in [2.45, 2.75) is 0 Å². The number of rotatable bonds is 4. The molecular formula is C18H10BrNO4S2. The van der Waals surface area contributed by atoms with Gasteiger partial charge in [-0.1, -0.05) is 18.2 Å². The lowest BCUT2D eigenvalue weighted by molar-refractivity contribution is 0.0699. The zero-order valence-electron chi connectivity index (χ0n) is 13.0. The van der Waals surface area contributed by atoms with Gasteiger partial charge < -0.3 is 14.8 Å². The summed E-state index contributed by atoms with van der Waals surface area (Å²) in [5.41, 5.74) is 0.937. The zero-order chi connectivity index (χ0) is 18.3. The molecule has 4 aromatic rings. The molecule has 0 aliphatic carbocycles. The third kappa shape index (κ3) is 3.07. The van der Waals surface area contributed by atoms with Gasteiger partial charge in [0.2, 0.25) is 0 Å². The van der Waals surface area contributed by atoms with E-state index in [2.05, 4.69) is 21.2 Å².